The molecule has 2 rings (SSSR count). The third-order valence-electron chi connectivity index (χ3n) is 2.76. The number of hydrogen-bond donors (Lipinski definition) is 1. The summed E-state index contributed by atoms with van der Waals surface area (Å²) >= 11 is 5.58. The van der Waals surface area contributed by atoms with Crippen LogP contribution in [-0.4, -0.2) is 13.0 Å². The molecular formula is C15H13BrINO2. The van der Waals surface area contributed by atoms with E-state index in [9.17, 15) is 4.79 Å². The Labute approximate surface area is 140 Å². The van der Waals surface area contributed by atoms with E-state index in [-0.39, 0.29) is 5.91 Å². The van der Waals surface area contributed by atoms with E-state index in [1.807, 2.05) is 42.5 Å². The first-order valence-corrected chi connectivity index (χ1v) is 7.83. The van der Waals surface area contributed by atoms with Gasteiger partial charge in [-0.25, -0.2) is 0 Å². The lowest BCUT2D eigenvalue weighted by atomic mass is 10.2. The molecule has 1 N–H and O–H groups in total. The van der Waals surface area contributed by atoms with Crippen molar-refractivity contribution >= 4 is 44.4 Å². The van der Waals surface area contributed by atoms with Gasteiger partial charge in [0.25, 0.3) is 5.91 Å². The summed E-state index contributed by atoms with van der Waals surface area (Å²) in [5, 5.41) is 2.91. The number of hydrogen-bond acceptors (Lipinski definition) is 2. The Kier molecular flexibility index (Phi) is 5.42. The van der Waals surface area contributed by atoms with Crippen LogP contribution in [0, 0.1) is 3.57 Å². The molecule has 0 saturated carbocycles. The number of carbonyl (C=O) groups is 1. The summed E-state index contributed by atoms with van der Waals surface area (Å²) in [5.41, 5.74) is 1.64. The monoisotopic (exact) mass is 445 g/mol. The van der Waals surface area contributed by atoms with Crippen molar-refractivity contribution in [1.29, 1.82) is 0 Å². The summed E-state index contributed by atoms with van der Waals surface area (Å²) in [6.45, 7) is 0.466. The number of ether oxygens (including phenoxy) is 1. The van der Waals surface area contributed by atoms with Gasteiger partial charge in [-0.2, -0.15) is 0 Å². The number of benzene rings is 2. The summed E-state index contributed by atoms with van der Waals surface area (Å²) < 4.78 is 6.98. The topological polar surface area (TPSA) is 38.3 Å². The molecule has 5 heteroatoms. The lowest BCUT2D eigenvalue weighted by molar-refractivity contribution is 0.0950. The molecule has 1 amide bonds. The fraction of sp³-hybridized carbons (Fsp3) is 0.133. The highest BCUT2D eigenvalue weighted by atomic mass is 127. The molecule has 0 radical (unpaired) electrons. The summed E-state index contributed by atoms with van der Waals surface area (Å²) in [7, 11) is 1.63. The predicted molar refractivity (Wildman–Crippen MR) is 91.0 cm³/mol. The van der Waals surface area contributed by atoms with E-state index in [0.717, 1.165) is 19.4 Å². The maximum absolute atomic E-state index is 12.2. The molecule has 2 aromatic rings. The van der Waals surface area contributed by atoms with E-state index in [4.69, 9.17) is 4.74 Å². The highest BCUT2D eigenvalue weighted by Crippen LogP contribution is 2.19. The summed E-state index contributed by atoms with van der Waals surface area (Å²) in [5.74, 6) is 0.686. The zero-order valence-electron chi connectivity index (χ0n) is 10.8. The SMILES string of the molecule is COc1cccc(CNC(=O)c2cc(I)ccc2Br)c1. The van der Waals surface area contributed by atoms with Crippen LogP contribution in [-0.2, 0) is 6.54 Å². The minimum absolute atomic E-state index is 0.0989. The third kappa shape index (κ3) is 3.96. The van der Waals surface area contributed by atoms with E-state index in [1.54, 1.807) is 7.11 Å². The molecule has 0 heterocycles. The van der Waals surface area contributed by atoms with Crippen LogP contribution in [0.4, 0.5) is 0 Å². The molecule has 0 saturated heterocycles. The summed E-state index contributed by atoms with van der Waals surface area (Å²) in [6, 6.07) is 13.3. The molecular weight excluding hydrogens is 433 g/mol. The molecule has 0 bridgehead atoms. The molecule has 0 atom stereocenters. The highest BCUT2D eigenvalue weighted by molar-refractivity contribution is 14.1. The van der Waals surface area contributed by atoms with Crippen LogP contribution in [0.25, 0.3) is 0 Å². The molecule has 0 aliphatic heterocycles. The number of rotatable bonds is 4. The number of amides is 1. The van der Waals surface area contributed by atoms with Gasteiger partial charge in [0.15, 0.2) is 0 Å². The van der Waals surface area contributed by atoms with Crippen LogP contribution < -0.4 is 10.1 Å². The van der Waals surface area contributed by atoms with Crippen molar-refractivity contribution in [3.63, 3.8) is 0 Å². The zero-order chi connectivity index (χ0) is 14.5. The van der Waals surface area contributed by atoms with Crippen LogP contribution in [0.2, 0.25) is 0 Å². The van der Waals surface area contributed by atoms with Crippen molar-refractivity contribution in [3.05, 3.63) is 61.6 Å². The van der Waals surface area contributed by atoms with Gasteiger partial charge in [-0.3, -0.25) is 4.79 Å². The maximum Gasteiger partial charge on any atom is 0.252 e. The van der Waals surface area contributed by atoms with Gasteiger partial charge in [0.1, 0.15) is 5.75 Å². The standard InChI is InChI=1S/C15H13BrINO2/c1-20-12-4-2-3-10(7-12)9-18-15(19)13-8-11(17)5-6-14(13)16/h2-8H,9H2,1H3,(H,18,19). The van der Waals surface area contributed by atoms with Gasteiger partial charge in [-0.15, -0.1) is 0 Å². The van der Waals surface area contributed by atoms with Gasteiger partial charge < -0.3 is 10.1 Å². The van der Waals surface area contributed by atoms with E-state index in [0.29, 0.717) is 12.1 Å². The first-order chi connectivity index (χ1) is 9.60. The number of nitrogens with one attached hydrogen (secondary N) is 1. The molecule has 0 unspecified atom stereocenters. The Bertz CT molecular complexity index is 631. The second kappa shape index (κ2) is 7.08. The van der Waals surface area contributed by atoms with Crippen LogP contribution in [0.5, 0.6) is 5.75 Å². The molecule has 0 aromatic heterocycles. The number of methoxy groups -OCH3 is 1. The van der Waals surface area contributed by atoms with Crippen molar-refractivity contribution < 1.29 is 9.53 Å². The van der Waals surface area contributed by atoms with Gasteiger partial charge in [-0.05, 0) is 74.4 Å². The molecule has 0 fully saturated rings. The molecule has 104 valence electrons. The van der Waals surface area contributed by atoms with E-state index >= 15 is 0 Å². The normalized spacial score (nSPS) is 10.2. The second-order valence-electron chi connectivity index (χ2n) is 4.16. The highest BCUT2D eigenvalue weighted by Gasteiger charge is 2.10. The minimum atomic E-state index is -0.0989. The van der Waals surface area contributed by atoms with Gasteiger partial charge in [0.05, 0.1) is 12.7 Å². The first-order valence-electron chi connectivity index (χ1n) is 5.96. The van der Waals surface area contributed by atoms with Crippen molar-refractivity contribution in [2.24, 2.45) is 0 Å². The van der Waals surface area contributed by atoms with Gasteiger partial charge in [-0.1, -0.05) is 12.1 Å². The van der Waals surface area contributed by atoms with Gasteiger partial charge in [0.2, 0.25) is 0 Å². The molecule has 0 aliphatic rings. The van der Waals surface area contributed by atoms with E-state index in [2.05, 4.69) is 43.8 Å². The molecule has 0 aliphatic carbocycles. The van der Waals surface area contributed by atoms with Crippen molar-refractivity contribution in [2.45, 2.75) is 6.54 Å². The zero-order valence-corrected chi connectivity index (χ0v) is 14.6. The van der Waals surface area contributed by atoms with Gasteiger partial charge >= 0.3 is 0 Å². The third-order valence-corrected chi connectivity index (χ3v) is 4.12. The van der Waals surface area contributed by atoms with Crippen molar-refractivity contribution in [3.8, 4) is 5.75 Å². The summed E-state index contributed by atoms with van der Waals surface area (Å²) in [4.78, 5) is 12.2. The second-order valence-corrected chi connectivity index (χ2v) is 6.26. The van der Waals surface area contributed by atoms with Crippen LogP contribution in [0.15, 0.2) is 46.9 Å². The smallest absolute Gasteiger partial charge is 0.252 e. The van der Waals surface area contributed by atoms with E-state index < -0.39 is 0 Å². The quantitative estimate of drug-likeness (QED) is 0.722. The average molecular weight is 446 g/mol. The Morgan fingerprint density at radius 1 is 1.30 bits per heavy atom. The number of carbonyl (C=O) groups excluding carboxylic acids is 1. The van der Waals surface area contributed by atoms with E-state index in [1.165, 1.54) is 0 Å². The molecule has 20 heavy (non-hydrogen) atoms. The largest absolute Gasteiger partial charge is 0.497 e. The van der Waals surface area contributed by atoms with Crippen LogP contribution in [0.3, 0.4) is 0 Å². The Hall–Kier alpha value is -1.08. The minimum Gasteiger partial charge on any atom is -0.497 e. The fourth-order valence-corrected chi connectivity index (χ4v) is 2.65. The average Bonchev–Trinajstić information content (AvgIpc) is 2.47. The fourth-order valence-electron chi connectivity index (χ4n) is 1.73. The Balaban J connectivity index is 2.06. The first kappa shape index (κ1) is 15.3. The molecule has 0 spiro atoms. The predicted octanol–water partition coefficient (Wildman–Crippen LogP) is 3.99. The lowest BCUT2D eigenvalue weighted by Gasteiger charge is -2.08. The molecule has 2 aromatic carbocycles. The van der Waals surface area contributed by atoms with Crippen molar-refractivity contribution in [1.82, 2.24) is 5.32 Å². The Morgan fingerprint density at radius 3 is 2.85 bits per heavy atom. The number of halogens is 2. The molecule has 3 nitrogen and oxygen atoms in total. The maximum atomic E-state index is 12.2. The summed E-state index contributed by atoms with van der Waals surface area (Å²) in [6.07, 6.45) is 0. The van der Waals surface area contributed by atoms with Crippen LogP contribution >= 0.6 is 38.5 Å². The Morgan fingerprint density at radius 2 is 2.10 bits per heavy atom. The van der Waals surface area contributed by atoms with Gasteiger partial charge in [0, 0.05) is 14.6 Å². The lowest BCUT2D eigenvalue weighted by Crippen LogP contribution is -2.23. The van der Waals surface area contributed by atoms with Crippen LogP contribution in [0.1, 0.15) is 15.9 Å². The van der Waals surface area contributed by atoms with Crippen molar-refractivity contribution in [2.75, 3.05) is 7.11 Å².